The smallest absolute Gasteiger partial charge is 0.262 e. The first-order valence-electron chi connectivity index (χ1n) is 11.3. The maximum Gasteiger partial charge on any atom is 0.262 e. The molecule has 0 unspecified atom stereocenters. The van der Waals surface area contributed by atoms with Crippen molar-refractivity contribution in [1.29, 1.82) is 0 Å². The van der Waals surface area contributed by atoms with E-state index in [1.54, 1.807) is 14.0 Å². The summed E-state index contributed by atoms with van der Waals surface area (Å²) in [5.74, 6) is 1.33. The van der Waals surface area contributed by atoms with Crippen molar-refractivity contribution in [2.75, 3.05) is 38.2 Å². The van der Waals surface area contributed by atoms with E-state index in [0.717, 1.165) is 35.0 Å². The summed E-state index contributed by atoms with van der Waals surface area (Å²) in [6.45, 7) is 4.52. The molecule has 1 aliphatic rings. The zero-order chi connectivity index (χ0) is 23.7. The summed E-state index contributed by atoms with van der Waals surface area (Å²) >= 11 is 1.50. The van der Waals surface area contributed by atoms with Crippen molar-refractivity contribution in [3.63, 3.8) is 0 Å². The number of nitrogens with zero attached hydrogens (tertiary/aromatic N) is 4. The number of carbonyl (C=O) groups is 1. The molecule has 0 radical (unpaired) electrons. The van der Waals surface area contributed by atoms with Crippen LogP contribution in [0.1, 0.15) is 5.82 Å². The van der Waals surface area contributed by atoms with Crippen molar-refractivity contribution < 1.29 is 9.53 Å². The Morgan fingerprint density at radius 2 is 1.74 bits per heavy atom. The largest absolute Gasteiger partial charge is 0.497 e. The van der Waals surface area contributed by atoms with Crippen molar-refractivity contribution in [1.82, 2.24) is 14.5 Å². The molecule has 3 heterocycles. The number of hydrogen-bond acceptors (Lipinski definition) is 6. The van der Waals surface area contributed by atoms with Crippen LogP contribution in [0, 0.1) is 6.92 Å². The van der Waals surface area contributed by atoms with Gasteiger partial charge in [-0.15, -0.1) is 11.3 Å². The SMILES string of the molecule is COc1ccc(N2CCN(C(=O)Cn3c(C)nc4sc(-c5ccccc5)cc4c3=O)CC2)cc1. The average molecular weight is 475 g/mol. The first kappa shape index (κ1) is 22.2. The predicted octanol–water partition coefficient (Wildman–Crippen LogP) is 3.79. The van der Waals surface area contributed by atoms with Gasteiger partial charge in [-0.1, -0.05) is 30.3 Å². The molecule has 1 fully saturated rings. The van der Waals surface area contributed by atoms with Gasteiger partial charge in [-0.05, 0) is 42.8 Å². The number of thiophene rings is 1. The Morgan fingerprint density at radius 1 is 1.03 bits per heavy atom. The molecule has 0 atom stereocenters. The molecule has 4 aromatic rings. The molecule has 174 valence electrons. The van der Waals surface area contributed by atoms with Gasteiger partial charge in [0.1, 0.15) is 22.9 Å². The van der Waals surface area contributed by atoms with E-state index in [-0.39, 0.29) is 18.0 Å². The molecule has 0 spiro atoms. The van der Waals surface area contributed by atoms with Gasteiger partial charge in [-0.2, -0.15) is 0 Å². The Labute approximate surface area is 201 Å². The zero-order valence-corrected chi connectivity index (χ0v) is 20.0. The number of amides is 1. The lowest BCUT2D eigenvalue weighted by atomic mass is 10.2. The van der Waals surface area contributed by atoms with Crippen LogP contribution >= 0.6 is 11.3 Å². The summed E-state index contributed by atoms with van der Waals surface area (Å²) in [5.41, 5.74) is 2.01. The van der Waals surface area contributed by atoms with E-state index in [1.807, 2.05) is 65.6 Å². The van der Waals surface area contributed by atoms with Crippen LogP contribution in [0.25, 0.3) is 20.7 Å². The van der Waals surface area contributed by atoms with Crippen LogP contribution in [-0.4, -0.2) is 53.6 Å². The van der Waals surface area contributed by atoms with E-state index < -0.39 is 0 Å². The summed E-state index contributed by atoms with van der Waals surface area (Å²) < 4.78 is 6.73. The molecule has 1 aliphatic heterocycles. The Kier molecular flexibility index (Phi) is 6.06. The van der Waals surface area contributed by atoms with Crippen molar-refractivity contribution in [2.24, 2.45) is 0 Å². The van der Waals surface area contributed by atoms with Crippen LogP contribution in [0.5, 0.6) is 5.75 Å². The van der Waals surface area contributed by atoms with Gasteiger partial charge >= 0.3 is 0 Å². The van der Waals surface area contributed by atoms with Crippen LogP contribution < -0.4 is 15.2 Å². The van der Waals surface area contributed by atoms with Crippen LogP contribution in [0.4, 0.5) is 5.69 Å². The number of benzene rings is 2. The fourth-order valence-corrected chi connectivity index (χ4v) is 5.36. The van der Waals surface area contributed by atoms with E-state index in [2.05, 4.69) is 9.88 Å². The number of anilines is 1. The van der Waals surface area contributed by atoms with Gasteiger partial charge in [0.05, 0.1) is 12.5 Å². The fourth-order valence-electron chi connectivity index (χ4n) is 4.29. The molecule has 0 aliphatic carbocycles. The molecule has 8 heteroatoms. The molecule has 0 bridgehead atoms. The van der Waals surface area contributed by atoms with Crippen molar-refractivity contribution in [2.45, 2.75) is 13.5 Å². The average Bonchev–Trinajstić information content (AvgIpc) is 3.31. The standard InChI is InChI=1S/C26H26N4O3S/c1-18-27-25-22(16-23(34-25)19-6-4-3-5-7-19)26(32)30(18)17-24(31)29-14-12-28(13-15-29)20-8-10-21(33-2)11-9-20/h3-11,16H,12-15,17H2,1-2H3. The molecule has 0 saturated carbocycles. The number of fused-ring (bicyclic) bond motifs is 1. The van der Waals surface area contributed by atoms with Gasteiger partial charge in [0.15, 0.2) is 0 Å². The van der Waals surface area contributed by atoms with Gasteiger partial charge in [-0.25, -0.2) is 4.98 Å². The number of aryl methyl sites for hydroxylation is 1. The zero-order valence-electron chi connectivity index (χ0n) is 19.2. The lowest BCUT2D eigenvalue weighted by Gasteiger charge is -2.36. The van der Waals surface area contributed by atoms with E-state index in [4.69, 9.17) is 4.74 Å². The van der Waals surface area contributed by atoms with Crippen molar-refractivity contribution in [3.8, 4) is 16.2 Å². The molecule has 1 saturated heterocycles. The monoisotopic (exact) mass is 474 g/mol. The number of carbonyl (C=O) groups excluding carboxylic acids is 1. The highest BCUT2D eigenvalue weighted by atomic mass is 32.1. The molecule has 5 rings (SSSR count). The highest BCUT2D eigenvalue weighted by Crippen LogP contribution is 2.31. The number of piperazine rings is 1. The molecule has 34 heavy (non-hydrogen) atoms. The van der Waals surface area contributed by atoms with E-state index in [9.17, 15) is 9.59 Å². The summed E-state index contributed by atoms with van der Waals surface area (Å²) in [4.78, 5) is 36.7. The van der Waals surface area contributed by atoms with Crippen LogP contribution in [-0.2, 0) is 11.3 Å². The summed E-state index contributed by atoms with van der Waals surface area (Å²) in [7, 11) is 1.65. The first-order chi connectivity index (χ1) is 16.5. The Balaban J connectivity index is 1.30. The number of ether oxygens (including phenoxy) is 1. The normalized spacial score (nSPS) is 13.9. The van der Waals surface area contributed by atoms with Crippen LogP contribution in [0.2, 0.25) is 0 Å². The van der Waals surface area contributed by atoms with Gasteiger partial charge in [0.25, 0.3) is 5.56 Å². The molecule has 0 N–H and O–H groups in total. The number of aromatic nitrogens is 2. The molecule has 2 aromatic carbocycles. The predicted molar refractivity (Wildman–Crippen MR) is 136 cm³/mol. The van der Waals surface area contributed by atoms with Crippen molar-refractivity contribution >= 4 is 33.1 Å². The van der Waals surface area contributed by atoms with Crippen molar-refractivity contribution in [3.05, 3.63) is 76.8 Å². The Morgan fingerprint density at radius 3 is 2.41 bits per heavy atom. The van der Waals surface area contributed by atoms with Gasteiger partial charge in [0, 0.05) is 36.7 Å². The quantitative estimate of drug-likeness (QED) is 0.440. The fraction of sp³-hybridized carbons (Fsp3) is 0.269. The molecule has 2 aromatic heterocycles. The minimum Gasteiger partial charge on any atom is -0.497 e. The highest BCUT2D eigenvalue weighted by Gasteiger charge is 2.23. The summed E-state index contributed by atoms with van der Waals surface area (Å²) in [6, 6.07) is 19.8. The van der Waals surface area contributed by atoms with E-state index >= 15 is 0 Å². The second-order valence-electron chi connectivity index (χ2n) is 8.31. The first-order valence-corrected chi connectivity index (χ1v) is 12.1. The number of hydrogen-bond donors (Lipinski definition) is 0. The minimum absolute atomic E-state index is 0.00661. The molecule has 7 nitrogen and oxygen atoms in total. The van der Waals surface area contributed by atoms with Gasteiger partial charge in [0.2, 0.25) is 5.91 Å². The van der Waals surface area contributed by atoms with Gasteiger partial charge in [-0.3, -0.25) is 14.2 Å². The lowest BCUT2D eigenvalue weighted by molar-refractivity contribution is -0.132. The maximum atomic E-state index is 13.2. The minimum atomic E-state index is -0.161. The molecular weight excluding hydrogens is 448 g/mol. The number of methoxy groups -OCH3 is 1. The number of rotatable bonds is 5. The third-order valence-electron chi connectivity index (χ3n) is 6.26. The van der Waals surface area contributed by atoms with Crippen LogP contribution in [0.15, 0.2) is 65.5 Å². The Hall–Kier alpha value is -3.65. The summed E-state index contributed by atoms with van der Waals surface area (Å²) in [5, 5.41) is 0.562. The Bertz CT molecular complexity index is 1370. The molecule has 1 amide bonds. The lowest BCUT2D eigenvalue weighted by Crippen LogP contribution is -2.50. The highest BCUT2D eigenvalue weighted by molar-refractivity contribution is 7.21. The second kappa shape index (κ2) is 9.30. The van der Waals surface area contributed by atoms with E-state index in [0.29, 0.717) is 29.1 Å². The van der Waals surface area contributed by atoms with Crippen LogP contribution in [0.3, 0.4) is 0 Å². The maximum absolute atomic E-state index is 13.2. The molecular formula is C26H26N4O3S. The van der Waals surface area contributed by atoms with E-state index in [1.165, 1.54) is 15.9 Å². The summed E-state index contributed by atoms with van der Waals surface area (Å²) in [6.07, 6.45) is 0. The topological polar surface area (TPSA) is 67.7 Å². The third-order valence-corrected chi connectivity index (χ3v) is 7.34. The van der Waals surface area contributed by atoms with Gasteiger partial charge < -0.3 is 14.5 Å². The second-order valence-corrected chi connectivity index (χ2v) is 9.34. The third kappa shape index (κ3) is 4.28.